The highest BCUT2D eigenvalue weighted by atomic mass is 16.5. The fourth-order valence-corrected chi connectivity index (χ4v) is 2.00. The predicted octanol–water partition coefficient (Wildman–Crippen LogP) is 0.375. The Morgan fingerprint density at radius 3 is 2.69 bits per heavy atom. The zero-order chi connectivity index (χ0) is 12.1. The van der Waals surface area contributed by atoms with Crippen molar-refractivity contribution in [2.45, 2.75) is 39.0 Å². The zero-order valence-corrected chi connectivity index (χ0v) is 11.1. The fraction of sp³-hybridized carbons (Fsp3) is 1.00. The third-order valence-corrected chi connectivity index (χ3v) is 3.49. The van der Waals surface area contributed by atoms with Gasteiger partial charge >= 0.3 is 0 Å². The molecule has 2 atom stereocenters. The normalized spacial score (nSPS) is 25.3. The average molecular weight is 229 g/mol. The minimum absolute atomic E-state index is 0.329. The maximum Gasteiger partial charge on any atom is 0.0829 e. The van der Waals surface area contributed by atoms with Gasteiger partial charge in [0.15, 0.2) is 0 Å². The summed E-state index contributed by atoms with van der Waals surface area (Å²) in [5.74, 6) is 0. The molecule has 0 amide bonds. The number of rotatable bonds is 5. The van der Waals surface area contributed by atoms with Crippen LogP contribution < -0.4 is 5.73 Å². The Balaban J connectivity index is 2.36. The van der Waals surface area contributed by atoms with Crippen LogP contribution in [-0.4, -0.2) is 67.8 Å². The highest BCUT2D eigenvalue weighted by Gasteiger charge is 2.24. The van der Waals surface area contributed by atoms with Crippen LogP contribution in [0, 0.1) is 0 Å². The van der Waals surface area contributed by atoms with E-state index in [0.29, 0.717) is 24.7 Å². The maximum atomic E-state index is 5.80. The van der Waals surface area contributed by atoms with E-state index in [4.69, 9.17) is 10.5 Å². The van der Waals surface area contributed by atoms with E-state index >= 15 is 0 Å². The second kappa shape index (κ2) is 6.55. The van der Waals surface area contributed by atoms with Crippen molar-refractivity contribution >= 4 is 0 Å². The summed E-state index contributed by atoms with van der Waals surface area (Å²) in [5, 5.41) is 0. The maximum absolute atomic E-state index is 5.80. The molecule has 0 aromatic rings. The van der Waals surface area contributed by atoms with Crippen LogP contribution in [0.15, 0.2) is 0 Å². The van der Waals surface area contributed by atoms with Crippen LogP contribution in [-0.2, 0) is 4.74 Å². The lowest BCUT2D eigenvalue weighted by molar-refractivity contribution is -0.0525. The molecular formula is C12H27N3O. The van der Waals surface area contributed by atoms with Crippen LogP contribution in [0.25, 0.3) is 0 Å². The van der Waals surface area contributed by atoms with Gasteiger partial charge in [-0.1, -0.05) is 0 Å². The van der Waals surface area contributed by atoms with Crippen molar-refractivity contribution in [2.75, 3.05) is 39.8 Å². The average Bonchev–Trinajstić information content (AvgIpc) is 2.28. The molecule has 0 bridgehead atoms. The summed E-state index contributed by atoms with van der Waals surface area (Å²) >= 11 is 0. The minimum Gasteiger partial charge on any atom is -0.374 e. The Labute approximate surface area is 99.7 Å². The largest absolute Gasteiger partial charge is 0.374 e. The van der Waals surface area contributed by atoms with Gasteiger partial charge < -0.3 is 10.5 Å². The predicted molar refractivity (Wildman–Crippen MR) is 67.6 cm³/mol. The van der Waals surface area contributed by atoms with Crippen molar-refractivity contribution in [2.24, 2.45) is 5.73 Å². The first kappa shape index (κ1) is 13.9. The molecule has 1 aliphatic heterocycles. The van der Waals surface area contributed by atoms with Crippen LogP contribution in [0.4, 0.5) is 0 Å². The van der Waals surface area contributed by atoms with Gasteiger partial charge in [-0.2, -0.15) is 0 Å². The van der Waals surface area contributed by atoms with E-state index in [-0.39, 0.29) is 0 Å². The Morgan fingerprint density at radius 1 is 1.44 bits per heavy atom. The monoisotopic (exact) mass is 229 g/mol. The van der Waals surface area contributed by atoms with E-state index in [0.717, 1.165) is 26.2 Å². The topological polar surface area (TPSA) is 41.7 Å². The molecule has 0 aliphatic carbocycles. The molecule has 0 aromatic heterocycles. The molecule has 0 spiro atoms. The summed E-state index contributed by atoms with van der Waals surface area (Å²) < 4.78 is 5.80. The first-order chi connectivity index (χ1) is 7.54. The SMILES string of the molecule is CC(CN)N(C)CC1CN(C(C)C)CCO1. The highest BCUT2D eigenvalue weighted by molar-refractivity contribution is 4.77. The van der Waals surface area contributed by atoms with Gasteiger partial charge in [-0.25, -0.2) is 0 Å². The number of hydrogen-bond donors (Lipinski definition) is 1. The smallest absolute Gasteiger partial charge is 0.0829 e. The van der Waals surface area contributed by atoms with E-state index in [1.165, 1.54) is 0 Å². The third-order valence-electron chi connectivity index (χ3n) is 3.49. The van der Waals surface area contributed by atoms with Crippen molar-refractivity contribution in [3.63, 3.8) is 0 Å². The summed E-state index contributed by atoms with van der Waals surface area (Å²) in [5.41, 5.74) is 5.66. The Hall–Kier alpha value is -0.160. The molecule has 1 aliphatic rings. The van der Waals surface area contributed by atoms with E-state index in [9.17, 15) is 0 Å². The van der Waals surface area contributed by atoms with E-state index in [1.54, 1.807) is 0 Å². The Kier molecular flexibility index (Phi) is 5.69. The minimum atomic E-state index is 0.329. The summed E-state index contributed by atoms with van der Waals surface area (Å²) in [7, 11) is 2.12. The van der Waals surface area contributed by atoms with E-state index in [2.05, 4.69) is 37.6 Å². The molecule has 1 fully saturated rings. The van der Waals surface area contributed by atoms with Gasteiger partial charge in [0.05, 0.1) is 12.7 Å². The van der Waals surface area contributed by atoms with Gasteiger partial charge in [0.25, 0.3) is 0 Å². The number of hydrogen-bond acceptors (Lipinski definition) is 4. The Bertz CT molecular complexity index is 199. The molecule has 1 rings (SSSR count). The first-order valence-corrected chi connectivity index (χ1v) is 6.30. The molecular weight excluding hydrogens is 202 g/mol. The molecule has 0 radical (unpaired) electrons. The summed E-state index contributed by atoms with van der Waals surface area (Å²) in [6, 6.07) is 1.04. The summed E-state index contributed by atoms with van der Waals surface area (Å²) in [6.07, 6.45) is 0.329. The molecule has 2 N–H and O–H groups in total. The first-order valence-electron chi connectivity index (χ1n) is 6.30. The molecule has 4 nitrogen and oxygen atoms in total. The number of morpholine rings is 1. The number of ether oxygens (including phenoxy) is 1. The molecule has 16 heavy (non-hydrogen) atoms. The van der Waals surface area contributed by atoms with Gasteiger partial charge in [-0.15, -0.1) is 0 Å². The lowest BCUT2D eigenvalue weighted by atomic mass is 10.2. The third kappa shape index (κ3) is 4.01. The van der Waals surface area contributed by atoms with Crippen molar-refractivity contribution in [1.29, 1.82) is 0 Å². The van der Waals surface area contributed by atoms with Gasteiger partial charge in [-0.3, -0.25) is 9.80 Å². The highest BCUT2D eigenvalue weighted by Crippen LogP contribution is 2.10. The number of likely N-dealkylation sites (N-methyl/N-ethyl adjacent to an activating group) is 1. The molecule has 1 saturated heterocycles. The quantitative estimate of drug-likeness (QED) is 0.740. The number of nitrogens with zero attached hydrogens (tertiary/aromatic N) is 2. The van der Waals surface area contributed by atoms with Gasteiger partial charge in [0, 0.05) is 38.3 Å². The van der Waals surface area contributed by atoms with E-state index < -0.39 is 0 Å². The zero-order valence-electron chi connectivity index (χ0n) is 11.1. The molecule has 0 aromatic carbocycles. The molecule has 1 heterocycles. The van der Waals surface area contributed by atoms with Crippen molar-refractivity contribution in [3.8, 4) is 0 Å². The van der Waals surface area contributed by atoms with Crippen LogP contribution in [0.5, 0.6) is 0 Å². The fourth-order valence-electron chi connectivity index (χ4n) is 2.00. The van der Waals surface area contributed by atoms with Crippen LogP contribution >= 0.6 is 0 Å². The Morgan fingerprint density at radius 2 is 2.12 bits per heavy atom. The standard InChI is InChI=1S/C12H27N3O/c1-10(2)15-5-6-16-12(9-15)8-14(4)11(3)7-13/h10-12H,5-9,13H2,1-4H3. The van der Waals surface area contributed by atoms with Gasteiger partial charge in [-0.05, 0) is 27.8 Å². The molecule has 4 heteroatoms. The van der Waals surface area contributed by atoms with E-state index in [1.807, 2.05) is 0 Å². The van der Waals surface area contributed by atoms with Crippen LogP contribution in [0.1, 0.15) is 20.8 Å². The summed E-state index contributed by atoms with van der Waals surface area (Å²) in [4.78, 5) is 4.77. The van der Waals surface area contributed by atoms with Crippen molar-refractivity contribution in [3.05, 3.63) is 0 Å². The second-order valence-electron chi connectivity index (χ2n) is 5.11. The molecule has 2 unspecified atom stereocenters. The lowest BCUT2D eigenvalue weighted by Crippen LogP contribution is -2.51. The van der Waals surface area contributed by atoms with Crippen LogP contribution in [0.3, 0.4) is 0 Å². The van der Waals surface area contributed by atoms with Crippen molar-refractivity contribution < 1.29 is 4.74 Å². The lowest BCUT2D eigenvalue weighted by Gasteiger charge is -2.38. The molecule has 0 saturated carbocycles. The molecule has 96 valence electrons. The van der Waals surface area contributed by atoms with Gasteiger partial charge in [0.2, 0.25) is 0 Å². The van der Waals surface area contributed by atoms with Crippen LogP contribution in [0.2, 0.25) is 0 Å². The summed E-state index contributed by atoms with van der Waals surface area (Å²) in [6.45, 7) is 11.3. The number of nitrogens with two attached hydrogens (primary N) is 1. The van der Waals surface area contributed by atoms with Gasteiger partial charge in [0.1, 0.15) is 0 Å². The van der Waals surface area contributed by atoms with Crippen molar-refractivity contribution in [1.82, 2.24) is 9.80 Å². The second-order valence-corrected chi connectivity index (χ2v) is 5.11.